The molecule has 2 heterocycles. The van der Waals surface area contributed by atoms with Crippen LogP contribution in [-0.2, 0) is 9.59 Å². The first-order chi connectivity index (χ1) is 10.2. The number of nitrogens with one attached hydrogen (secondary N) is 3. The first-order valence-corrected chi connectivity index (χ1v) is 6.72. The van der Waals surface area contributed by atoms with Crippen LogP contribution < -0.4 is 16.0 Å². The van der Waals surface area contributed by atoms with Crippen LogP contribution in [0.25, 0.3) is 10.9 Å². The van der Waals surface area contributed by atoms with E-state index >= 15 is 0 Å². The molecule has 1 aliphatic heterocycles. The van der Waals surface area contributed by atoms with Gasteiger partial charge in [-0.15, -0.1) is 0 Å². The Bertz CT molecular complexity index is 716. The summed E-state index contributed by atoms with van der Waals surface area (Å²) in [5.41, 5.74) is 0.784. The number of hydrogen-bond acceptors (Lipinski definition) is 6. The van der Waals surface area contributed by atoms with Gasteiger partial charge in [-0.1, -0.05) is 12.1 Å². The number of para-hydroxylation sites is 1. The number of nitrogens with zero attached hydrogens (tertiary/aromatic N) is 2. The van der Waals surface area contributed by atoms with Gasteiger partial charge >= 0.3 is 0 Å². The van der Waals surface area contributed by atoms with Crippen molar-refractivity contribution in [3.05, 3.63) is 24.3 Å². The van der Waals surface area contributed by atoms with E-state index in [1.54, 1.807) is 7.05 Å². The molecule has 3 N–H and O–H groups in total. The van der Waals surface area contributed by atoms with Crippen LogP contribution in [0, 0.1) is 0 Å². The number of amides is 2. The van der Waals surface area contributed by atoms with Crippen LogP contribution in [0.3, 0.4) is 0 Å². The molecule has 108 valence electrons. The summed E-state index contributed by atoms with van der Waals surface area (Å²) in [6.07, 6.45) is 0.781. The van der Waals surface area contributed by atoms with E-state index < -0.39 is 6.04 Å². The number of hydrogen-bond donors (Lipinski definition) is 3. The van der Waals surface area contributed by atoms with Crippen LogP contribution in [-0.4, -0.2) is 34.9 Å². The summed E-state index contributed by atoms with van der Waals surface area (Å²) in [7, 11) is 1.74. The molecule has 0 radical (unpaired) electrons. The van der Waals surface area contributed by atoms with Crippen LogP contribution in [0.2, 0.25) is 0 Å². The standard InChI is InChI=1S/C14H15N5O2/c1-15-14-17-9-5-3-2-4-8(9)12(19-14)16-10-6-7-11(20)18-13(10)21/h2-5,10H,6-7H2,1H3,(H,18,20,21)(H2,15,16,17,19). The van der Waals surface area contributed by atoms with Crippen molar-refractivity contribution in [2.75, 3.05) is 17.7 Å². The van der Waals surface area contributed by atoms with Crippen LogP contribution in [0.1, 0.15) is 12.8 Å². The van der Waals surface area contributed by atoms with Gasteiger partial charge in [0.1, 0.15) is 11.9 Å². The summed E-state index contributed by atoms with van der Waals surface area (Å²) in [5, 5.41) is 9.17. The minimum Gasteiger partial charge on any atom is -0.358 e. The van der Waals surface area contributed by atoms with Crippen molar-refractivity contribution in [1.29, 1.82) is 0 Å². The van der Waals surface area contributed by atoms with E-state index in [0.29, 0.717) is 24.6 Å². The maximum Gasteiger partial charge on any atom is 0.249 e. The molecule has 7 nitrogen and oxygen atoms in total. The number of rotatable bonds is 3. The van der Waals surface area contributed by atoms with E-state index in [-0.39, 0.29) is 11.8 Å². The van der Waals surface area contributed by atoms with Gasteiger partial charge in [-0.25, -0.2) is 4.98 Å². The highest BCUT2D eigenvalue weighted by molar-refractivity contribution is 6.02. The normalized spacial score (nSPS) is 18.4. The van der Waals surface area contributed by atoms with Gasteiger partial charge < -0.3 is 10.6 Å². The highest BCUT2D eigenvalue weighted by atomic mass is 16.2. The second kappa shape index (κ2) is 5.35. The molecule has 1 aromatic heterocycles. The smallest absolute Gasteiger partial charge is 0.249 e. The number of aromatic nitrogens is 2. The largest absolute Gasteiger partial charge is 0.358 e. The molecule has 0 spiro atoms. The Morgan fingerprint density at radius 1 is 1.24 bits per heavy atom. The zero-order valence-electron chi connectivity index (χ0n) is 11.5. The molecule has 0 bridgehead atoms. The summed E-state index contributed by atoms with van der Waals surface area (Å²) >= 11 is 0. The summed E-state index contributed by atoms with van der Waals surface area (Å²) in [6.45, 7) is 0. The molecule has 21 heavy (non-hydrogen) atoms. The second-order valence-corrected chi connectivity index (χ2v) is 4.81. The average molecular weight is 285 g/mol. The first-order valence-electron chi connectivity index (χ1n) is 6.72. The highest BCUT2D eigenvalue weighted by Crippen LogP contribution is 2.23. The van der Waals surface area contributed by atoms with E-state index in [2.05, 4.69) is 25.9 Å². The quantitative estimate of drug-likeness (QED) is 0.725. The van der Waals surface area contributed by atoms with Crippen LogP contribution in [0.15, 0.2) is 24.3 Å². The predicted octanol–water partition coefficient (Wildman–Crippen LogP) is 0.889. The molecule has 1 atom stereocenters. The van der Waals surface area contributed by atoms with Crippen LogP contribution >= 0.6 is 0 Å². The summed E-state index contributed by atoms with van der Waals surface area (Å²) < 4.78 is 0. The molecular formula is C14H15N5O2. The summed E-state index contributed by atoms with van der Waals surface area (Å²) in [6, 6.07) is 7.09. The van der Waals surface area contributed by atoms with Crippen molar-refractivity contribution in [2.45, 2.75) is 18.9 Å². The van der Waals surface area contributed by atoms with Crippen molar-refractivity contribution in [3.63, 3.8) is 0 Å². The Morgan fingerprint density at radius 3 is 2.81 bits per heavy atom. The second-order valence-electron chi connectivity index (χ2n) is 4.81. The molecule has 1 saturated heterocycles. The summed E-state index contributed by atoms with van der Waals surface area (Å²) in [4.78, 5) is 31.8. The Kier molecular flexibility index (Phi) is 3.39. The molecule has 0 aliphatic carbocycles. The molecule has 1 aliphatic rings. The fraction of sp³-hybridized carbons (Fsp3) is 0.286. The molecular weight excluding hydrogens is 270 g/mol. The zero-order chi connectivity index (χ0) is 14.8. The Labute approximate surface area is 121 Å². The van der Waals surface area contributed by atoms with Gasteiger partial charge in [-0.3, -0.25) is 14.9 Å². The van der Waals surface area contributed by atoms with Gasteiger partial charge in [-0.05, 0) is 18.6 Å². The van der Waals surface area contributed by atoms with Gasteiger partial charge in [0.15, 0.2) is 0 Å². The SMILES string of the molecule is CNc1nc(NC2CCC(=O)NC2=O)c2ccccc2n1. The molecule has 1 fully saturated rings. The number of piperidine rings is 1. The molecule has 2 aromatic rings. The molecule has 0 saturated carbocycles. The lowest BCUT2D eigenvalue weighted by atomic mass is 10.1. The molecule has 3 rings (SSSR count). The molecule has 7 heteroatoms. The predicted molar refractivity (Wildman–Crippen MR) is 78.9 cm³/mol. The molecule has 2 amide bonds. The minimum absolute atomic E-state index is 0.235. The first kappa shape index (κ1) is 13.3. The Balaban J connectivity index is 1.96. The highest BCUT2D eigenvalue weighted by Gasteiger charge is 2.27. The van der Waals surface area contributed by atoms with E-state index in [1.165, 1.54) is 0 Å². The monoisotopic (exact) mass is 285 g/mol. The number of benzene rings is 1. The third kappa shape index (κ3) is 2.62. The van der Waals surface area contributed by atoms with Crippen molar-refractivity contribution in [3.8, 4) is 0 Å². The number of carbonyl (C=O) groups excluding carboxylic acids is 2. The van der Waals surface area contributed by atoms with Gasteiger partial charge in [0.2, 0.25) is 17.8 Å². The molecule has 1 unspecified atom stereocenters. The minimum atomic E-state index is -0.467. The topological polar surface area (TPSA) is 96.0 Å². The number of fused-ring (bicyclic) bond motifs is 1. The lowest BCUT2D eigenvalue weighted by Crippen LogP contribution is -2.47. The van der Waals surface area contributed by atoms with Gasteiger partial charge in [0.05, 0.1) is 5.52 Å². The average Bonchev–Trinajstić information content (AvgIpc) is 2.49. The Morgan fingerprint density at radius 2 is 2.05 bits per heavy atom. The third-order valence-corrected chi connectivity index (χ3v) is 3.38. The van der Waals surface area contributed by atoms with E-state index in [4.69, 9.17) is 0 Å². The van der Waals surface area contributed by atoms with Crippen molar-refractivity contribution < 1.29 is 9.59 Å². The van der Waals surface area contributed by atoms with Crippen molar-refractivity contribution >= 4 is 34.5 Å². The number of anilines is 2. The molecule has 1 aromatic carbocycles. The van der Waals surface area contributed by atoms with Gasteiger partial charge in [0, 0.05) is 18.9 Å². The van der Waals surface area contributed by atoms with Crippen LogP contribution in [0.4, 0.5) is 11.8 Å². The Hall–Kier alpha value is -2.70. The van der Waals surface area contributed by atoms with Crippen molar-refractivity contribution in [2.24, 2.45) is 0 Å². The van der Waals surface area contributed by atoms with E-state index in [0.717, 1.165) is 10.9 Å². The van der Waals surface area contributed by atoms with E-state index in [9.17, 15) is 9.59 Å². The lowest BCUT2D eigenvalue weighted by Gasteiger charge is -2.23. The van der Waals surface area contributed by atoms with E-state index in [1.807, 2.05) is 24.3 Å². The fourth-order valence-corrected chi connectivity index (χ4v) is 2.29. The van der Waals surface area contributed by atoms with Gasteiger partial charge in [0.25, 0.3) is 0 Å². The van der Waals surface area contributed by atoms with Crippen LogP contribution in [0.5, 0.6) is 0 Å². The lowest BCUT2D eigenvalue weighted by molar-refractivity contribution is -0.133. The zero-order valence-corrected chi connectivity index (χ0v) is 11.5. The number of carbonyl (C=O) groups is 2. The fourth-order valence-electron chi connectivity index (χ4n) is 2.29. The van der Waals surface area contributed by atoms with Crippen molar-refractivity contribution in [1.82, 2.24) is 15.3 Å². The maximum atomic E-state index is 11.8. The number of imide groups is 1. The maximum absolute atomic E-state index is 11.8. The summed E-state index contributed by atoms with van der Waals surface area (Å²) in [5.74, 6) is 0.504. The third-order valence-electron chi connectivity index (χ3n) is 3.38. The van der Waals surface area contributed by atoms with Gasteiger partial charge in [-0.2, -0.15) is 4.98 Å².